The Kier molecular flexibility index (Phi) is 4.48. The second-order valence-electron chi connectivity index (χ2n) is 6.64. The summed E-state index contributed by atoms with van der Waals surface area (Å²) in [5.41, 5.74) is 0. The summed E-state index contributed by atoms with van der Waals surface area (Å²) in [5, 5.41) is 3.70. The van der Waals surface area contributed by atoms with E-state index in [0.717, 1.165) is 23.9 Å². The van der Waals surface area contributed by atoms with Crippen LogP contribution in [-0.4, -0.2) is 36.1 Å². The van der Waals surface area contributed by atoms with Gasteiger partial charge in [0.15, 0.2) is 0 Å². The van der Waals surface area contributed by atoms with Crippen LogP contribution >= 0.6 is 0 Å². The van der Waals surface area contributed by atoms with Crippen molar-refractivity contribution in [3.63, 3.8) is 0 Å². The summed E-state index contributed by atoms with van der Waals surface area (Å²) in [6, 6.07) is 2.22. The monoisotopic (exact) mass is 238 g/mol. The SMILES string of the molecule is CC(C)NC1CCN(C2CCCC(C)C2C)C1. The van der Waals surface area contributed by atoms with Gasteiger partial charge in [0.2, 0.25) is 0 Å². The standard InChI is InChI=1S/C15H30N2/c1-11(2)16-14-8-9-17(10-14)15-7-5-6-12(3)13(15)4/h11-16H,5-10H2,1-4H3. The molecule has 0 aromatic rings. The zero-order valence-electron chi connectivity index (χ0n) is 12.1. The van der Waals surface area contributed by atoms with Gasteiger partial charge in [0.05, 0.1) is 0 Å². The Morgan fingerprint density at radius 3 is 2.59 bits per heavy atom. The Morgan fingerprint density at radius 2 is 1.88 bits per heavy atom. The number of hydrogen-bond donors (Lipinski definition) is 1. The lowest BCUT2D eigenvalue weighted by atomic mass is 9.77. The highest BCUT2D eigenvalue weighted by molar-refractivity contribution is 4.91. The van der Waals surface area contributed by atoms with Gasteiger partial charge >= 0.3 is 0 Å². The quantitative estimate of drug-likeness (QED) is 0.813. The molecule has 0 radical (unpaired) electrons. The van der Waals surface area contributed by atoms with E-state index in [4.69, 9.17) is 0 Å². The maximum Gasteiger partial charge on any atom is 0.0209 e. The zero-order valence-corrected chi connectivity index (χ0v) is 12.1. The first-order chi connectivity index (χ1) is 8.08. The number of nitrogens with zero attached hydrogens (tertiary/aromatic N) is 1. The third-order valence-corrected chi connectivity index (χ3v) is 4.92. The van der Waals surface area contributed by atoms with Crippen LogP contribution in [0.25, 0.3) is 0 Å². The molecule has 4 unspecified atom stereocenters. The lowest BCUT2D eigenvalue weighted by molar-refractivity contribution is 0.0992. The van der Waals surface area contributed by atoms with E-state index in [2.05, 4.69) is 37.9 Å². The van der Waals surface area contributed by atoms with Crippen LogP contribution in [-0.2, 0) is 0 Å². The molecule has 1 heterocycles. The topological polar surface area (TPSA) is 15.3 Å². The van der Waals surface area contributed by atoms with E-state index in [1.54, 1.807) is 0 Å². The molecule has 1 saturated carbocycles. The third kappa shape index (κ3) is 3.23. The minimum atomic E-state index is 0.627. The summed E-state index contributed by atoms with van der Waals surface area (Å²) < 4.78 is 0. The van der Waals surface area contributed by atoms with Gasteiger partial charge in [-0.25, -0.2) is 0 Å². The molecule has 1 aliphatic carbocycles. The van der Waals surface area contributed by atoms with Gasteiger partial charge in [-0.3, -0.25) is 4.90 Å². The number of rotatable bonds is 3. The van der Waals surface area contributed by atoms with E-state index < -0.39 is 0 Å². The van der Waals surface area contributed by atoms with Gasteiger partial charge < -0.3 is 5.32 Å². The molecule has 2 aliphatic rings. The molecule has 2 heteroatoms. The lowest BCUT2D eigenvalue weighted by Gasteiger charge is -2.40. The van der Waals surface area contributed by atoms with E-state index in [1.165, 1.54) is 38.8 Å². The fraction of sp³-hybridized carbons (Fsp3) is 1.00. The molecule has 1 N–H and O–H groups in total. The Balaban J connectivity index is 1.87. The van der Waals surface area contributed by atoms with Crippen molar-refractivity contribution in [1.82, 2.24) is 10.2 Å². The molecular weight excluding hydrogens is 208 g/mol. The van der Waals surface area contributed by atoms with E-state index in [-0.39, 0.29) is 0 Å². The maximum absolute atomic E-state index is 3.70. The van der Waals surface area contributed by atoms with Crippen molar-refractivity contribution >= 4 is 0 Å². The normalized spacial score (nSPS) is 40.1. The molecule has 2 rings (SSSR count). The second-order valence-corrected chi connectivity index (χ2v) is 6.64. The molecule has 1 aliphatic heterocycles. The predicted molar refractivity (Wildman–Crippen MR) is 74.2 cm³/mol. The number of likely N-dealkylation sites (tertiary alicyclic amines) is 1. The van der Waals surface area contributed by atoms with Crippen molar-refractivity contribution in [2.45, 2.75) is 71.5 Å². The van der Waals surface area contributed by atoms with Crippen LogP contribution in [0.15, 0.2) is 0 Å². The molecule has 0 aromatic carbocycles. The molecule has 2 nitrogen and oxygen atoms in total. The summed E-state index contributed by atoms with van der Waals surface area (Å²) in [7, 11) is 0. The molecular formula is C15H30N2. The minimum absolute atomic E-state index is 0.627. The highest BCUT2D eigenvalue weighted by Gasteiger charge is 2.35. The zero-order chi connectivity index (χ0) is 12.4. The van der Waals surface area contributed by atoms with Gasteiger partial charge in [0.25, 0.3) is 0 Å². The van der Waals surface area contributed by atoms with Crippen molar-refractivity contribution in [3.05, 3.63) is 0 Å². The molecule has 2 fully saturated rings. The Labute approximate surface area is 107 Å². The largest absolute Gasteiger partial charge is 0.310 e. The molecule has 0 aromatic heterocycles. The molecule has 0 spiro atoms. The number of nitrogens with one attached hydrogen (secondary N) is 1. The van der Waals surface area contributed by atoms with E-state index >= 15 is 0 Å². The first-order valence-electron chi connectivity index (χ1n) is 7.58. The highest BCUT2D eigenvalue weighted by atomic mass is 15.2. The fourth-order valence-electron chi connectivity index (χ4n) is 3.77. The van der Waals surface area contributed by atoms with E-state index in [9.17, 15) is 0 Å². The maximum atomic E-state index is 3.70. The second kappa shape index (κ2) is 5.71. The lowest BCUT2D eigenvalue weighted by Crippen LogP contribution is -2.45. The van der Waals surface area contributed by atoms with Crippen LogP contribution in [0.3, 0.4) is 0 Å². The summed E-state index contributed by atoms with van der Waals surface area (Å²) in [6.45, 7) is 12.0. The Bertz CT molecular complexity index is 239. The van der Waals surface area contributed by atoms with Crippen LogP contribution < -0.4 is 5.32 Å². The van der Waals surface area contributed by atoms with Gasteiger partial charge in [0.1, 0.15) is 0 Å². The Hall–Kier alpha value is -0.0800. The van der Waals surface area contributed by atoms with Crippen molar-refractivity contribution in [1.29, 1.82) is 0 Å². The van der Waals surface area contributed by atoms with Crippen LogP contribution in [0, 0.1) is 11.8 Å². The first kappa shape index (κ1) is 13.4. The smallest absolute Gasteiger partial charge is 0.0209 e. The van der Waals surface area contributed by atoms with Gasteiger partial charge in [-0.1, -0.05) is 40.5 Å². The third-order valence-electron chi connectivity index (χ3n) is 4.92. The van der Waals surface area contributed by atoms with Crippen molar-refractivity contribution in [3.8, 4) is 0 Å². The molecule has 0 amide bonds. The van der Waals surface area contributed by atoms with Crippen molar-refractivity contribution in [2.75, 3.05) is 13.1 Å². The highest BCUT2D eigenvalue weighted by Crippen LogP contribution is 2.34. The van der Waals surface area contributed by atoms with E-state index in [0.29, 0.717) is 6.04 Å². The van der Waals surface area contributed by atoms with E-state index in [1.807, 2.05) is 0 Å². The van der Waals surface area contributed by atoms with Crippen LogP contribution in [0.5, 0.6) is 0 Å². The van der Waals surface area contributed by atoms with Crippen LogP contribution in [0.2, 0.25) is 0 Å². The average molecular weight is 238 g/mol. The molecule has 100 valence electrons. The van der Waals surface area contributed by atoms with Crippen molar-refractivity contribution < 1.29 is 0 Å². The van der Waals surface area contributed by atoms with Gasteiger partial charge in [-0.05, 0) is 24.7 Å². The van der Waals surface area contributed by atoms with Gasteiger partial charge in [0, 0.05) is 31.2 Å². The predicted octanol–water partition coefficient (Wildman–Crippen LogP) is 2.88. The first-order valence-corrected chi connectivity index (χ1v) is 7.58. The Morgan fingerprint density at radius 1 is 1.12 bits per heavy atom. The molecule has 4 atom stereocenters. The molecule has 17 heavy (non-hydrogen) atoms. The van der Waals surface area contributed by atoms with Crippen molar-refractivity contribution in [2.24, 2.45) is 11.8 Å². The average Bonchev–Trinajstić information content (AvgIpc) is 2.69. The molecule has 1 saturated heterocycles. The van der Waals surface area contributed by atoms with Crippen LogP contribution in [0.4, 0.5) is 0 Å². The summed E-state index contributed by atoms with van der Waals surface area (Å²) in [5.74, 6) is 1.81. The van der Waals surface area contributed by atoms with Gasteiger partial charge in [-0.15, -0.1) is 0 Å². The van der Waals surface area contributed by atoms with Crippen LogP contribution in [0.1, 0.15) is 53.4 Å². The molecule has 0 bridgehead atoms. The minimum Gasteiger partial charge on any atom is -0.310 e. The summed E-state index contributed by atoms with van der Waals surface area (Å²) in [6.07, 6.45) is 5.66. The fourth-order valence-corrected chi connectivity index (χ4v) is 3.77. The number of hydrogen-bond acceptors (Lipinski definition) is 2. The summed E-state index contributed by atoms with van der Waals surface area (Å²) in [4.78, 5) is 2.76. The van der Waals surface area contributed by atoms with Gasteiger partial charge in [-0.2, -0.15) is 0 Å². The summed E-state index contributed by atoms with van der Waals surface area (Å²) >= 11 is 0.